The smallest absolute Gasteiger partial charge is 0.325 e. The summed E-state index contributed by atoms with van der Waals surface area (Å²) in [4.78, 5) is 46.0. The number of H-pyrrole nitrogens is 1. The van der Waals surface area contributed by atoms with Gasteiger partial charge >= 0.3 is 6.72 Å². The Morgan fingerprint density at radius 3 is 2.55 bits per heavy atom. The average molecular weight is 627 g/mol. The average Bonchev–Trinajstić information content (AvgIpc) is 3.69. The van der Waals surface area contributed by atoms with E-state index in [1.165, 1.54) is 28.1 Å². The molecule has 3 aliphatic heterocycles. The van der Waals surface area contributed by atoms with E-state index in [1.807, 2.05) is 0 Å². The van der Waals surface area contributed by atoms with E-state index in [2.05, 4.69) is 29.9 Å². The van der Waals surface area contributed by atoms with Crippen LogP contribution in [0.1, 0.15) is 31.7 Å². The number of nitrogens with zero attached hydrogens (tertiary/aromatic N) is 7. The molecule has 7 rings (SSSR count). The molecule has 20 heteroatoms. The predicted molar refractivity (Wildman–Crippen MR) is 145 cm³/mol. The molecule has 2 bridgehead atoms. The van der Waals surface area contributed by atoms with Gasteiger partial charge in [-0.05, 0) is 24.6 Å². The lowest BCUT2D eigenvalue weighted by molar-refractivity contribution is -0.0444. The van der Waals surface area contributed by atoms with Crippen molar-refractivity contribution < 1.29 is 32.2 Å². The summed E-state index contributed by atoms with van der Waals surface area (Å²) in [6, 6.07) is 0. The first kappa shape index (κ1) is 27.6. The molecular weight excluding hydrogens is 601 g/mol. The molecule has 0 saturated carbocycles. The quantitative estimate of drug-likeness (QED) is 0.229. The first-order chi connectivity index (χ1) is 20.1. The summed E-state index contributed by atoms with van der Waals surface area (Å²) in [6.45, 7) is -4.45. The number of ether oxygens (including phenoxy) is 2. The van der Waals surface area contributed by atoms with Crippen LogP contribution in [0.2, 0.25) is 0 Å². The van der Waals surface area contributed by atoms with Gasteiger partial charge in [-0.25, -0.2) is 28.7 Å². The molecule has 42 heavy (non-hydrogen) atoms. The Bertz CT molecular complexity index is 1770. The van der Waals surface area contributed by atoms with E-state index in [4.69, 9.17) is 41.8 Å². The Hall–Kier alpha value is -3.19. The molecular formula is C22H25F2N10O6PS. The van der Waals surface area contributed by atoms with E-state index in [9.17, 15) is 9.69 Å². The van der Waals surface area contributed by atoms with Gasteiger partial charge in [-0.15, -0.1) is 0 Å². The molecule has 4 aromatic rings. The van der Waals surface area contributed by atoms with Gasteiger partial charge in [0.25, 0.3) is 5.56 Å². The summed E-state index contributed by atoms with van der Waals surface area (Å²) >= 11 is 5.22. The SMILES string of the molecule is Nc1nc2c(ncn2[C@@H]2OC3CCC[C@H]4[C@H](F)[C@H](n5cnc6c(N)ncnc65)O[C@@H]4COP(O)(=S)O[C@@H]2[C@H]3F)c(=O)[nH]1. The molecule has 0 radical (unpaired) electrons. The van der Waals surface area contributed by atoms with Crippen molar-refractivity contribution in [2.45, 2.75) is 62.4 Å². The maximum Gasteiger partial charge on any atom is 0.325 e. The van der Waals surface area contributed by atoms with Crippen molar-refractivity contribution in [2.24, 2.45) is 5.92 Å². The first-order valence-corrected chi connectivity index (χ1v) is 15.6. The normalized spacial score (nSPS) is 35.7. The minimum absolute atomic E-state index is 0.0347. The summed E-state index contributed by atoms with van der Waals surface area (Å²) in [6.07, 6.45) is -4.19. The Kier molecular flexibility index (Phi) is 6.72. The van der Waals surface area contributed by atoms with Crippen LogP contribution in [-0.4, -0.2) is 81.2 Å². The zero-order valence-electron chi connectivity index (χ0n) is 21.6. The van der Waals surface area contributed by atoms with Gasteiger partial charge in [0.1, 0.15) is 17.9 Å². The third kappa shape index (κ3) is 4.55. The zero-order valence-corrected chi connectivity index (χ0v) is 23.3. The largest absolute Gasteiger partial charge is 0.382 e. The lowest BCUT2D eigenvalue weighted by Gasteiger charge is -2.27. The molecule has 0 spiro atoms. The number of anilines is 2. The first-order valence-electron chi connectivity index (χ1n) is 13.0. The fraction of sp³-hybridized carbons (Fsp3) is 0.545. The molecule has 9 atom stereocenters. The van der Waals surface area contributed by atoms with Crippen LogP contribution in [0.4, 0.5) is 20.5 Å². The monoisotopic (exact) mass is 626 g/mol. The number of hydrogen-bond donors (Lipinski definition) is 4. The molecule has 16 nitrogen and oxygen atoms in total. The van der Waals surface area contributed by atoms with Gasteiger partial charge in [0.15, 0.2) is 47.4 Å². The van der Waals surface area contributed by atoms with Gasteiger partial charge in [-0.3, -0.25) is 23.4 Å². The summed E-state index contributed by atoms with van der Waals surface area (Å²) in [5, 5.41) is 0. The molecule has 224 valence electrons. The van der Waals surface area contributed by atoms with Crippen LogP contribution in [-0.2, 0) is 30.3 Å². The summed E-state index contributed by atoms with van der Waals surface area (Å²) in [5.41, 5.74) is 11.6. The second-order valence-electron chi connectivity index (χ2n) is 10.3. The summed E-state index contributed by atoms with van der Waals surface area (Å²) in [7, 11) is 0. The number of alkyl halides is 2. The van der Waals surface area contributed by atoms with Crippen molar-refractivity contribution in [3.05, 3.63) is 29.3 Å². The van der Waals surface area contributed by atoms with Crippen LogP contribution in [0.5, 0.6) is 0 Å². The number of rotatable bonds is 2. The molecule has 0 aliphatic carbocycles. The lowest BCUT2D eigenvalue weighted by Crippen LogP contribution is -2.32. The van der Waals surface area contributed by atoms with Crippen LogP contribution in [0.3, 0.4) is 0 Å². The van der Waals surface area contributed by atoms with Crippen molar-refractivity contribution in [1.82, 2.24) is 39.0 Å². The maximum absolute atomic E-state index is 16.0. The molecule has 0 aromatic carbocycles. The molecule has 2 unspecified atom stereocenters. The van der Waals surface area contributed by atoms with Gasteiger partial charge < -0.3 is 30.4 Å². The number of aromatic amines is 1. The number of aromatic nitrogens is 8. The fourth-order valence-electron chi connectivity index (χ4n) is 5.85. The zero-order chi connectivity index (χ0) is 29.3. The van der Waals surface area contributed by atoms with Crippen LogP contribution in [0.25, 0.3) is 22.3 Å². The van der Waals surface area contributed by atoms with E-state index in [-0.39, 0.29) is 42.4 Å². The fourth-order valence-corrected chi connectivity index (χ4v) is 7.26. The number of imidazole rings is 2. The number of halogens is 2. The Balaban J connectivity index is 1.17. The molecule has 6 N–H and O–H groups in total. The van der Waals surface area contributed by atoms with Crippen LogP contribution in [0.15, 0.2) is 23.8 Å². The number of hydrogen-bond acceptors (Lipinski definition) is 13. The van der Waals surface area contributed by atoms with E-state index in [0.717, 1.165) is 0 Å². The maximum atomic E-state index is 16.0. The minimum atomic E-state index is -4.13. The third-order valence-corrected chi connectivity index (χ3v) is 9.37. The molecule has 7 heterocycles. The highest BCUT2D eigenvalue weighted by Gasteiger charge is 2.52. The second-order valence-corrected chi connectivity index (χ2v) is 13.1. The number of nitrogens with two attached hydrogens (primary N) is 2. The van der Waals surface area contributed by atoms with Crippen LogP contribution < -0.4 is 17.0 Å². The van der Waals surface area contributed by atoms with Gasteiger partial charge in [-0.1, -0.05) is 6.42 Å². The van der Waals surface area contributed by atoms with Crippen molar-refractivity contribution in [2.75, 3.05) is 18.1 Å². The Labute approximate surface area is 239 Å². The Morgan fingerprint density at radius 2 is 1.74 bits per heavy atom. The van der Waals surface area contributed by atoms with Gasteiger partial charge in [0, 0.05) is 5.92 Å². The van der Waals surface area contributed by atoms with Crippen LogP contribution >= 0.6 is 6.72 Å². The number of nitrogen functional groups attached to an aromatic ring is 2. The van der Waals surface area contributed by atoms with E-state index >= 15 is 8.78 Å². The molecule has 3 fully saturated rings. The van der Waals surface area contributed by atoms with Crippen molar-refractivity contribution in [3.63, 3.8) is 0 Å². The molecule has 4 aromatic heterocycles. The van der Waals surface area contributed by atoms with Crippen molar-refractivity contribution in [3.8, 4) is 0 Å². The Morgan fingerprint density at radius 1 is 1.00 bits per heavy atom. The van der Waals surface area contributed by atoms with Gasteiger partial charge in [0.2, 0.25) is 5.95 Å². The van der Waals surface area contributed by atoms with E-state index in [1.54, 1.807) is 0 Å². The van der Waals surface area contributed by atoms with Crippen molar-refractivity contribution in [1.29, 1.82) is 0 Å². The number of nitrogens with one attached hydrogen (secondary N) is 1. The second kappa shape index (κ2) is 10.2. The topological polar surface area (TPSA) is 216 Å². The predicted octanol–water partition coefficient (Wildman–Crippen LogP) is 1.01. The summed E-state index contributed by atoms with van der Waals surface area (Å²) in [5.74, 6) is -0.739. The lowest BCUT2D eigenvalue weighted by atomic mass is 9.92. The highest BCUT2D eigenvalue weighted by Crippen LogP contribution is 2.52. The third-order valence-electron chi connectivity index (χ3n) is 7.81. The van der Waals surface area contributed by atoms with Gasteiger partial charge in [-0.2, -0.15) is 4.98 Å². The van der Waals surface area contributed by atoms with Crippen LogP contribution in [0, 0.1) is 5.92 Å². The standard InChI is InChI=1S/C22H25F2N10O6PS/c23-11-8-2-1-3-9-12(24)15(21(38-9)34-7-30-14-18(34)31-22(26)32-19(14)35)40-41(36,42)37-4-10(8)39-20(11)33-6-29-13-16(25)27-5-28-17(13)33/h5-12,15,20-21H,1-4H2,(H,36,42)(H2,25,27,28)(H3,26,31,32,35)/t8-,9?,10-,11+,12+,15-,20-,21-,41?/m1/s1. The minimum Gasteiger partial charge on any atom is -0.382 e. The van der Waals surface area contributed by atoms with Crippen molar-refractivity contribution >= 4 is 52.6 Å². The molecule has 3 saturated heterocycles. The summed E-state index contributed by atoms with van der Waals surface area (Å²) < 4.78 is 57.9. The highest BCUT2D eigenvalue weighted by molar-refractivity contribution is 8.07. The van der Waals surface area contributed by atoms with Gasteiger partial charge in [0.05, 0.1) is 31.5 Å². The molecule has 3 aliphatic rings. The molecule has 0 amide bonds. The number of fused-ring (bicyclic) bond motifs is 5. The van der Waals surface area contributed by atoms with E-state index in [0.29, 0.717) is 17.6 Å². The van der Waals surface area contributed by atoms with E-state index < -0.39 is 61.3 Å². The highest BCUT2D eigenvalue weighted by atomic mass is 32.5.